The van der Waals surface area contributed by atoms with Gasteiger partial charge in [0.1, 0.15) is 12.1 Å². The summed E-state index contributed by atoms with van der Waals surface area (Å²) in [5.74, 6) is -0.0461. The third kappa shape index (κ3) is 6.07. The smallest absolute Gasteiger partial charge is 0.410 e. The van der Waals surface area contributed by atoms with Gasteiger partial charge >= 0.3 is 6.09 Å². The first-order chi connectivity index (χ1) is 11.7. The molecule has 1 aromatic carbocycles. The number of benzene rings is 1. The van der Waals surface area contributed by atoms with Crippen molar-refractivity contribution >= 4 is 12.0 Å². The number of carbonyl (C=O) groups excluding carboxylic acids is 2. The Balaban J connectivity index is 0.00000151. The molecule has 2 rings (SSSR count). The summed E-state index contributed by atoms with van der Waals surface area (Å²) in [6, 6.07) is 8.20. The van der Waals surface area contributed by atoms with Crippen LogP contribution in [0.3, 0.4) is 0 Å². The highest BCUT2D eigenvalue weighted by Crippen LogP contribution is 2.23. The van der Waals surface area contributed by atoms with E-state index >= 15 is 0 Å². The van der Waals surface area contributed by atoms with Crippen molar-refractivity contribution in [1.82, 2.24) is 9.80 Å². The number of ether oxygens (including phenoxy) is 1. The molecule has 5 heteroatoms. The summed E-state index contributed by atoms with van der Waals surface area (Å²) in [5, 5.41) is 0. The molecule has 1 aromatic rings. The average molecular weight is 348 g/mol. The maximum Gasteiger partial charge on any atom is 0.410 e. The van der Waals surface area contributed by atoms with Gasteiger partial charge in [-0.3, -0.25) is 9.69 Å². The second kappa shape index (κ2) is 8.88. The molecule has 0 bridgehead atoms. The van der Waals surface area contributed by atoms with E-state index in [9.17, 15) is 9.59 Å². The standard InChI is InChI=1S/C18H26N2O3.C2H6/c1-13-6-8-15(9-7-13)14(2)20-11-10-19(12-16(20)21)17(22)23-18(3,4)5;1-2/h6-9,14H,10-12H2,1-5H3;1-2H3. The van der Waals surface area contributed by atoms with Gasteiger partial charge in [-0.1, -0.05) is 43.7 Å². The van der Waals surface area contributed by atoms with Gasteiger partial charge < -0.3 is 9.64 Å². The number of piperazine rings is 1. The molecular weight excluding hydrogens is 316 g/mol. The van der Waals surface area contributed by atoms with Crippen LogP contribution in [-0.2, 0) is 9.53 Å². The van der Waals surface area contributed by atoms with Crippen molar-refractivity contribution in [2.75, 3.05) is 19.6 Å². The number of aryl methyl sites for hydroxylation is 1. The first kappa shape index (κ1) is 21.0. The van der Waals surface area contributed by atoms with Crippen LogP contribution in [0.5, 0.6) is 0 Å². The van der Waals surface area contributed by atoms with E-state index in [2.05, 4.69) is 0 Å². The van der Waals surface area contributed by atoms with E-state index in [4.69, 9.17) is 4.74 Å². The van der Waals surface area contributed by atoms with E-state index in [0.717, 1.165) is 5.56 Å². The number of hydrogen-bond acceptors (Lipinski definition) is 3. The van der Waals surface area contributed by atoms with Crippen LogP contribution in [0.2, 0.25) is 0 Å². The fourth-order valence-corrected chi connectivity index (χ4v) is 2.60. The van der Waals surface area contributed by atoms with Crippen molar-refractivity contribution in [3.8, 4) is 0 Å². The molecule has 1 fully saturated rings. The van der Waals surface area contributed by atoms with Crippen molar-refractivity contribution in [2.24, 2.45) is 0 Å². The Kier molecular flexibility index (Phi) is 7.46. The summed E-state index contributed by atoms with van der Waals surface area (Å²) in [7, 11) is 0. The first-order valence-electron chi connectivity index (χ1n) is 9.01. The molecule has 0 saturated carbocycles. The molecule has 25 heavy (non-hydrogen) atoms. The second-order valence-corrected chi connectivity index (χ2v) is 7.08. The number of carbonyl (C=O) groups is 2. The van der Waals surface area contributed by atoms with Gasteiger partial charge in [0.2, 0.25) is 5.91 Å². The van der Waals surface area contributed by atoms with Crippen LogP contribution in [-0.4, -0.2) is 47.0 Å². The highest BCUT2D eigenvalue weighted by molar-refractivity contribution is 5.84. The zero-order valence-electron chi connectivity index (χ0n) is 16.6. The van der Waals surface area contributed by atoms with Crippen LogP contribution in [0.25, 0.3) is 0 Å². The average Bonchev–Trinajstić information content (AvgIpc) is 2.55. The van der Waals surface area contributed by atoms with E-state index in [-0.39, 0.29) is 18.5 Å². The Morgan fingerprint density at radius 2 is 1.68 bits per heavy atom. The Labute approximate surface area is 151 Å². The van der Waals surface area contributed by atoms with Crippen molar-refractivity contribution in [3.63, 3.8) is 0 Å². The number of rotatable bonds is 2. The SMILES string of the molecule is CC.Cc1ccc(C(C)N2CCN(C(=O)OC(C)(C)C)CC2=O)cc1. The molecule has 2 amide bonds. The predicted octanol–water partition coefficient (Wildman–Crippen LogP) is 4.16. The normalized spacial score (nSPS) is 16.0. The van der Waals surface area contributed by atoms with Crippen LogP contribution >= 0.6 is 0 Å². The lowest BCUT2D eigenvalue weighted by Crippen LogP contribution is -2.53. The Morgan fingerprint density at radius 1 is 1.12 bits per heavy atom. The van der Waals surface area contributed by atoms with Crippen molar-refractivity contribution < 1.29 is 14.3 Å². The lowest BCUT2D eigenvalue weighted by Gasteiger charge is -2.38. The minimum absolute atomic E-state index is 0.00360. The summed E-state index contributed by atoms with van der Waals surface area (Å²) in [4.78, 5) is 27.8. The zero-order chi connectivity index (χ0) is 19.2. The quantitative estimate of drug-likeness (QED) is 0.806. The summed E-state index contributed by atoms with van der Waals surface area (Å²) in [5.41, 5.74) is 1.75. The minimum Gasteiger partial charge on any atom is -0.444 e. The molecular formula is C20H32N2O3. The molecule has 1 aliphatic heterocycles. The van der Waals surface area contributed by atoms with Crippen LogP contribution in [0.1, 0.15) is 58.7 Å². The molecule has 0 aliphatic carbocycles. The lowest BCUT2D eigenvalue weighted by atomic mass is 10.0. The van der Waals surface area contributed by atoms with Crippen molar-refractivity contribution in [3.05, 3.63) is 35.4 Å². The van der Waals surface area contributed by atoms with Crippen LogP contribution in [0.15, 0.2) is 24.3 Å². The lowest BCUT2D eigenvalue weighted by molar-refractivity contribution is -0.138. The third-order valence-corrected chi connectivity index (χ3v) is 3.94. The maximum atomic E-state index is 12.4. The molecule has 1 saturated heterocycles. The molecule has 0 spiro atoms. The molecule has 5 nitrogen and oxygen atoms in total. The van der Waals surface area contributed by atoms with Crippen molar-refractivity contribution in [1.29, 1.82) is 0 Å². The van der Waals surface area contributed by atoms with Gasteiger partial charge in [0.05, 0.1) is 6.04 Å². The minimum atomic E-state index is -0.549. The summed E-state index contributed by atoms with van der Waals surface area (Å²) >= 11 is 0. The van der Waals surface area contributed by atoms with Gasteiger partial charge in [-0.15, -0.1) is 0 Å². The Bertz CT molecular complexity index is 576. The monoisotopic (exact) mass is 348 g/mol. The zero-order valence-corrected chi connectivity index (χ0v) is 16.6. The van der Waals surface area contributed by atoms with Gasteiger partial charge in [-0.25, -0.2) is 4.79 Å². The van der Waals surface area contributed by atoms with E-state index in [0.29, 0.717) is 13.1 Å². The number of amides is 2. The third-order valence-electron chi connectivity index (χ3n) is 3.94. The highest BCUT2D eigenvalue weighted by atomic mass is 16.6. The van der Waals surface area contributed by atoms with Gasteiger partial charge in [-0.2, -0.15) is 0 Å². The fraction of sp³-hybridized carbons (Fsp3) is 0.600. The number of nitrogens with zero attached hydrogens (tertiary/aromatic N) is 2. The molecule has 1 unspecified atom stereocenters. The number of hydrogen-bond donors (Lipinski definition) is 0. The molecule has 0 N–H and O–H groups in total. The Hall–Kier alpha value is -2.04. The summed E-state index contributed by atoms with van der Waals surface area (Å²) in [6.45, 7) is 14.6. The van der Waals surface area contributed by atoms with E-state index in [1.807, 2.05) is 77.6 Å². The molecule has 1 heterocycles. The fourth-order valence-electron chi connectivity index (χ4n) is 2.60. The Morgan fingerprint density at radius 3 is 2.16 bits per heavy atom. The largest absolute Gasteiger partial charge is 0.444 e. The summed E-state index contributed by atoms with van der Waals surface area (Å²) in [6.07, 6.45) is -0.423. The first-order valence-corrected chi connectivity index (χ1v) is 9.01. The molecule has 0 radical (unpaired) electrons. The highest BCUT2D eigenvalue weighted by Gasteiger charge is 2.32. The molecule has 0 aromatic heterocycles. The molecule has 1 aliphatic rings. The van der Waals surface area contributed by atoms with Gasteiger partial charge in [0, 0.05) is 13.1 Å². The van der Waals surface area contributed by atoms with Crippen LogP contribution < -0.4 is 0 Å². The molecule has 1 atom stereocenters. The topological polar surface area (TPSA) is 49.9 Å². The van der Waals surface area contributed by atoms with Gasteiger partial charge in [0.15, 0.2) is 0 Å². The van der Waals surface area contributed by atoms with Crippen LogP contribution in [0, 0.1) is 6.92 Å². The predicted molar refractivity (Wildman–Crippen MR) is 100 cm³/mol. The van der Waals surface area contributed by atoms with Gasteiger partial charge in [-0.05, 0) is 40.2 Å². The van der Waals surface area contributed by atoms with E-state index in [1.165, 1.54) is 10.5 Å². The van der Waals surface area contributed by atoms with E-state index < -0.39 is 11.7 Å². The van der Waals surface area contributed by atoms with Crippen molar-refractivity contribution in [2.45, 2.75) is 60.1 Å². The summed E-state index contributed by atoms with van der Waals surface area (Å²) < 4.78 is 5.34. The second-order valence-electron chi connectivity index (χ2n) is 7.08. The van der Waals surface area contributed by atoms with Crippen LogP contribution in [0.4, 0.5) is 4.79 Å². The van der Waals surface area contributed by atoms with Gasteiger partial charge in [0.25, 0.3) is 0 Å². The van der Waals surface area contributed by atoms with E-state index in [1.54, 1.807) is 0 Å². The molecule has 140 valence electrons. The maximum absolute atomic E-state index is 12.4.